The monoisotopic (exact) mass is 315 g/mol. The highest BCUT2D eigenvalue weighted by molar-refractivity contribution is 6.08. The van der Waals surface area contributed by atoms with Gasteiger partial charge in [-0.1, -0.05) is 18.6 Å². The number of ether oxygens (including phenoxy) is 1. The van der Waals surface area contributed by atoms with Crippen molar-refractivity contribution < 1.29 is 19.1 Å². The fourth-order valence-corrected chi connectivity index (χ4v) is 4.66. The Labute approximate surface area is 135 Å². The summed E-state index contributed by atoms with van der Waals surface area (Å²) in [5.41, 5.74) is -1.08. The average molecular weight is 315 g/mol. The van der Waals surface area contributed by atoms with Crippen molar-refractivity contribution in [2.24, 2.45) is 16.7 Å². The third-order valence-electron chi connectivity index (χ3n) is 5.57. The number of carbonyl (C=O) groups is 3. The number of methoxy groups -OCH3 is 1. The van der Waals surface area contributed by atoms with Crippen LogP contribution in [-0.4, -0.2) is 36.2 Å². The summed E-state index contributed by atoms with van der Waals surface area (Å²) in [5.74, 6) is -1.31. The molecule has 3 aliphatic rings. The standard InChI is InChI=1S/C18H21NO4/c1-4-13-17-8-6-9-18(13,16(22)23-3)15(21)19(5-2)14(17)11-12(20)7-10-17/h4,7,10-11,13H,1,5-6,8-9H2,2-3H3/t13-,17-,18+/m1/s1. The molecule has 2 aliphatic carbocycles. The van der Waals surface area contributed by atoms with Crippen molar-refractivity contribution in [2.45, 2.75) is 26.2 Å². The molecule has 1 spiro atoms. The van der Waals surface area contributed by atoms with E-state index in [1.165, 1.54) is 19.3 Å². The summed E-state index contributed by atoms with van der Waals surface area (Å²) in [7, 11) is 1.31. The van der Waals surface area contributed by atoms with Gasteiger partial charge in [0.15, 0.2) is 11.2 Å². The number of hydrogen-bond donors (Lipinski definition) is 0. The molecular formula is C18H21NO4. The molecule has 23 heavy (non-hydrogen) atoms. The Morgan fingerprint density at radius 3 is 2.83 bits per heavy atom. The van der Waals surface area contributed by atoms with Crippen LogP contribution in [0.4, 0.5) is 0 Å². The minimum Gasteiger partial charge on any atom is -0.468 e. The lowest BCUT2D eigenvalue weighted by Gasteiger charge is -2.58. The zero-order valence-corrected chi connectivity index (χ0v) is 13.5. The maximum absolute atomic E-state index is 13.2. The van der Waals surface area contributed by atoms with E-state index in [0.717, 1.165) is 12.8 Å². The van der Waals surface area contributed by atoms with Crippen LogP contribution >= 0.6 is 0 Å². The first-order chi connectivity index (χ1) is 11.0. The van der Waals surface area contributed by atoms with Gasteiger partial charge < -0.3 is 9.64 Å². The molecule has 2 bridgehead atoms. The molecule has 0 N–H and O–H groups in total. The van der Waals surface area contributed by atoms with Gasteiger partial charge >= 0.3 is 5.97 Å². The van der Waals surface area contributed by atoms with Gasteiger partial charge in [0.2, 0.25) is 5.91 Å². The topological polar surface area (TPSA) is 63.7 Å². The summed E-state index contributed by atoms with van der Waals surface area (Å²) in [6, 6.07) is 0. The van der Waals surface area contributed by atoms with Crippen LogP contribution < -0.4 is 0 Å². The number of piperidine rings is 1. The maximum Gasteiger partial charge on any atom is 0.322 e. The molecular weight excluding hydrogens is 294 g/mol. The number of allylic oxidation sites excluding steroid dienone is 4. The summed E-state index contributed by atoms with van der Waals surface area (Å²) in [6.07, 6.45) is 8.57. The highest BCUT2D eigenvalue weighted by Gasteiger charge is 2.67. The predicted molar refractivity (Wildman–Crippen MR) is 84.0 cm³/mol. The van der Waals surface area contributed by atoms with Crippen molar-refractivity contribution in [3.63, 3.8) is 0 Å². The largest absolute Gasteiger partial charge is 0.468 e. The van der Waals surface area contributed by atoms with Crippen LogP contribution in [0.1, 0.15) is 26.2 Å². The molecule has 5 nitrogen and oxygen atoms in total. The number of carbonyl (C=O) groups excluding carboxylic acids is 3. The van der Waals surface area contributed by atoms with Crippen molar-refractivity contribution >= 4 is 17.7 Å². The third kappa shape index (κ3) is 1.76. The van der Waals surface area contributed by atoms with E-state index in [4.69, 9.17) is 4.74 Å². The van der Waals surface area contributed by atoms with E-state index in [1.807, 2.05) is 13.0 Å². The molecule has 122 valence electrons. The number of rotatable bonds is 3. The Bertz CT molecular complexity index is 662. The van der Waals surface area contributed by atoms with Crippen molar-refractivity contribution in [1.29, 1.82) is 0 Å². The molecule has 1 saturated heterocycles. The Morgan fingerprint density at radius 1 is 1.48 bits per heavy atom. The molecule has 2 fully saturated rings. The quantitative estimate of drug-likeness (QED) is 0.454. The fraction of sp³-hybridized carbons (Fsp3) is 0.500. The Kier molecular flexibility index (Phi) is 3.54. The molecule has 0 aromatic rings. The molecule has 3 atom stereocenters. The smallest absolute Gasteiger partial charge is 0.322 e. The van der Waals surface area contributed by atoms with E-state index in [-0.39, 0.29) is 11.7 Å². The molecule has 5 heteroatoms. The van der Waals surface area contributed by atoms with Crippen LogP contribution in [0.25, 0.3) is 0 Å². The van der Waals surface area contributed by atoms with Gasteiger partial charge in [-0.3, -0.25) is 14.4 Å². The molecule has 0 aromatic heterocycles. The first-order valence-electron chi connectivity index (χ1n) is 7.96. The minimum atomic E-state index is -1.24. The molecule has 0 aromatic carbocycles. The first-order valence-corrected chi connectivity index (χ1v) is 7.96. The highest BCUT2D eigenvalue weighted by atomic mass is 16.5. The first kappa shape index (κ1) is 15.7. The second-order valence-electron chi connectivity index (χ2n) is 6.38. The second-order valence-corrected chi connectivity index (χ2v) is 6.38. The molecule has 0 unspecified atom stereocenters. The lowest BCUT2D eigenvalue weighted by Crippen LogP contribution is -2.65. The molecule has 1 saturated carbocycles. The number of fused-ring (bicyclic) bond motifs is 1. The number of ketones is 1. The number of likely N-dealkylation sites (tertiary alicyclic amines) is 1. The average Bonchev–Trinajstić information content (AvgIpc) is 2.56. The molecule has 1 heterocycles. The molecule has 1 amide bonds. The van der Waals surface area contributed by atoms with Crippen molar-refractivity contribution in [3.8, 4) is 0 Å². The van der Waals surface area contributed by atoms with Crippen LogP contribution in [-0.2, 0) is 19.1 Å². The van der Waals surface area contributed by atoms with Crippen LogP contribution in [0, 0.1) is 16.7 Å². The zero-order valence-electron chi connectivity index (χ0n) is 13.5. The van der Waals surface area contributed by atoms with Gasteiger partial charge in [-0.15, -0.1) is 6.58 Å². The number of amides is 1. The van der Waals surface area contributed by atoms with Crippen LogP contribution in [0.15, 0.2) is 36.6 Å². The fourth-order valence-electron chi connectivity index (χ4n) is 4.66. The lowest BCUT2D eigenvalue weighted by molar-refractivity contribution is -0.177. The van der Waals surface area contributed by atoms with E-state index in [0.29, 0.717) is 18.7 Å². The Hall–Kier alpha value is -2.17. The van der Waals surface area contributed by atoms with E-state index in [2.05, 4.69) is 6.58 Å². The van der Waals surface area contributed by atoms with Gasteiger partial charge in [-0.25, -0.2) is 0 Å². The number of nitrogens with zero attached hydrogens (tertiary/aromatic N) is 1. The van der Waals surface area contributed by atoms with Crippen LogP contribution in [0.2, 0.25) is 0 Å². The third-order valence-corrected chi connectivity index (χ3v) is 5.57. The summed E-state index contributed by atoms with van der Waals surface area (Å²) in [5, 5.41) is 0. The van der Waals surface area contributed by atoms with Crippen molar-refractivity contribution in [3.05, 3.63) is 36.6 Å². The van der Waals surface area contributed by atoms with Gasteiger partial charge in [-0.05, 0) is 25.8 Å². The zero-order chi connectivity index (χ0) is 16.8. The van der Waals surface area contributed by atoms with E-state index in [1.54, 1.807) is 11.0 Å². The SMILES string of the molecule is C=C[C@H]1[C@@]2(C(=O)OC)CCC[C@@]13C=CC(=O)C=C3N(CC)C2=O. The van der Waals surface area contributed by atoms with Crippen molar-refractivity contribution in [2.75, 3.05) is 13.7 Å². The summed E-state index contributed by atoms with van der Waals surface area (Å²) < 4.78 is 5.01. The van der Waals surface area contributed by atoms with E-state index < -0.39 is 22.7 Å². The number of hydrogen-bond acceptors (Lipinski definition) is 4. The Morgan fingerprint density at radius 2 is 2.22 bits per heavy atom. The lowest BCUT2D eigenvalue weighted by atomic mass is 9.49. The van der Waals surface area contributed by atoms with Crippen LogP contribution in [0.3, 0.4) is 0 Å². The van der Waals surface area contributed by atoms with Crippen molar-refractivity contribution in [1.82, 2.24) is 4.90 Å². The maximum atomic E-state index is 13.2. The summed E-state index contributed by atoms with van der Waals surface area (Å²) in [4.78, 5) is 39.3. The molecule has 0 radical (unpaired) electrons. The normalized spacial score (nSPS) is 35.5. The van der Waals surface area contributed by atoms with Crippen LogP contribution in [0.5, 0.6) is 0 Å². The minimum absolute atomic E-state index is 0.129. The molecule has 3 rings (SSSR count). The van der Waals surface area contributed by atoms with E-state index in [9.17, 15) is 14.4 Å². The van der Waals surface area contributed by atoms with Gasteiger partial charge in [0.1, 0.15) is 0 Å². The highest BCUT2D eigenvalue weighted by Crippen LogP contribution is 2.62. The number of esters is 1. The van der Waals surface area contributed by atoms with Gasteiger partial charge in [0.25, 0.3) is 0 Å². The summed E-state index contributed by atoms with van der Waals surface area (Å²) >= 11 is 0. The van der Waals surface area contributed by atoms with Gasteiger partial charge in [0.05, 0.1) is 7.11 Å². The summed E-state index contributed by atoms with van der Waals surface area (Å²) in [6.45, 7) is 6.16. The predicted octanol–water partition coefficient (Wildman–Crippen LogP) is 2.00. The second kappa shape index (κ2) is 5.18. The Balaban J connectivity index is 2.29. The van der Waals surface area contributed by atoms with Gasteiger partial charge in [0, 0.05) is 29.7 Å². The van der Waals surface area contributed by atoms with E-state index >= 15 is 0 Å². The van der Waals surface area contributed by atoms with Gasteiger partial charge in [-0.2, -0.15) is 0 Å². The molecule has 1 aliphatic heterocycles.